The predicted molar refractivity (Wildman–Crippen MR) is 41.2 cm³/mol. The van der Waals surface area contributed by atoms with Gasteiger partial charge in [-0.15, -0.1) is 0 Å². The summed E-state index contributed by atoms with van der Waals surface area (Å²) in [6.07, 6.45) is 1.09. The van der Waals surface area contributed by atoms with E-state index < -0.39 is 0 Å². The molecule has 1 fully saturated rings. The summed E-state index contributed by atoms with van der Waals surface area (Å²) in [5.41, 5.74) is 0. The van der Waals surface area contributed by atoms with E-state index >= 15 is 0 Å². The van der Waals surface area contributed by atoms with Gasteiger partial charge in [-0.2, -0.15) is 0 Å². The predicted octanol–water partition coefficient (Wildman–Crippen LogP) is 0.909. The molecule has 0 aromatic carbocycles. The van der Waals surface area contributed by atoms with Crippen LogP contribution in [0.3, 0.4) is 0 Å². The lowest BCUT2D eigenvalue weighted by Crippen LogP contribution is -2.37. The van der Waals surface area contributed by atoms with Crippen LogP contribution < -0.4 is 0 Å². The Labute approximate surface area is 67.3 Å². The highest BCUT2D eigenvalue weighted by Crippen LogP contribution is 2.19. The zero-order valence-electron chi connectivity index (χ0n) is 7.12. The lowest BCUT2D eigenvalue weighted by Gasteiger charge is -2.31. The highest BCUT2D eigenvalue weighted by atomic mass is 16.7. The second-order valence-corrected chi connectivity index (χ2v) is 2.87. The van der Waals surface area contributed by atoms with Gasteiger partial charge in [-0.3, -0.25) is 0 Å². The molecule has 3 atom stereocenters. The van der Waals surface area contributed by atoms with Crippen molar-refractivity contribution >= 4 is 0 Å². The topological polar surface area (TPSA) is 38.7 Å². The van der Waals surface area contributed by atoms with Crippen LogP contribution in [0.1, 0.15) is 26.7 Å². The molecular weight excluding hydrogens is 144 g/mol. The SMILES string of the molecule is CCOC1CCC(O)C(C)O1. The van der Waals surface area contributed by atoms with Crippen LogP contribution in [0.4, 0.5) is 0 Å². The molecule has 1 N–H and O–H groups in total. The molecule has 1 rings (SSSR count). The number of aliphatic hydroxyl groups excluding tert-OH is 1. The molecule has 11 heavy (non-hydrogen) atoms. The van der Waals surface area contributed by atoms with Crippen molar-refractivity contribution in [2.75, 3.05) is 6.61 Å². The standard InChI is InChI=1S/C8H16O3/c1-3-10-8-5-4-7(9)6(2)11-8/h6-9H,3-5H2,1-2H3. The fraction of sp³-hybridized carbons (Fsp3) is 1.00. The van der Waals surface area contributed by atoms with Gasteiger partial charge in [0.15, 0.2) is 6.29 Å². The molecule has 1 aliphatic rings. The van der Waals surface area contributed by atoms with E-state index in [0.29, 0.717) is 6.61 Å². The molecular formula is C8H16O3. The largest absolute Gasteiger partial charge is 0.390 e. The van der Waals surface area contributed by atoms with Gasteiger partial charge in [0.25, 0.3) is 0 Å². The number of hydrogen-bond acceptors (Lipinski definition) is 3. The number of rotatable bonds is 2. The average molecular weight is 160 g/mol. The van der Waals surface area contributed by atoms with Gasteiger partial charge in [0, 0.05) is 13.0 Å². The minimum atomic E-state index is -0.313. The van der Waals surface area contributed by atoms with E-state index in [2.05, 4.69) is 0 Å². The van der Waals surface area contributed by atoms with Crippen molar-refractivity contribution in [3.8, 4) is 0 Å². The molecule has 0 aromatic heterocycles. The Morgan fingerprint density at radius 3 is 2.82 bits per heavy atom. The second-order valence-electron chi connectivity index (χ2n) is 2.87. The van der Waals surface area contributed by atoms with Gasteiger partial charge in [0.1, 0.15) is 0 Å². The Morgan fingerprint density at radius 1 is 1.55 bits per heavy atom. The van der Waals surface area contributed by atoms with E-state index in [0.717, 1.165) is 12.8 Å². The van der Waals surface area contributed by atoms with Crippen LogP contribution in [-0.4, -0.2) is 30.2 Å². The highest BCUT2D eigenvalue weighted by molar-refractivity contribution is 4.70. The summed E-state index contributed by atoms with van der Waals surface area (Å²) in [7, 11) is 0. The molecule has 3 heteroatoms. The van der Waals surface area contributed by atoms with Gasteiger partial charge in [-0.05, 0) is 20.3 Å². The van der Waals surface area contributed by atoms with Crippen molar-refractivity contribution in [1.29, 1.82) is 0 Å². The molecule has 0 bridgehead atoms. The third kappa shape index (κ3) is 2.43. The normalized spacial score (nSPS) is 39.0. The molecule has 0 amide bonds. The first kappa shape index (κ1) is 8.97. The fourth-order valence-electron chi connectivity index (χ4n) is 1.25. The van der Waals surface area contributed by atoms with E-state index in [9.17, 15) is 5.11 Å². The maximum Gasteiger partial charge on any atom is 0.158 e. The lowest BCUT2D eigenvalue weighted by molar-refractivity contribution is -0.215. The third-order valence-corrected chi connectivity index (χ3v) is 1.96. The Bertz CT molecular complexity index is 116. The molecule has 3 nitrogen and oxygen atoms in total. The molecule has 66 valence electrons. The molecule has 0 aliphatic carbocycles. The van der Waals surface area contributed by atoms with Gasteiger partial charge in [0.2, 0.25) is 0 Å². The monoisotopic (exact) mass is 160 g/mol. The third-order valence-electron chi connectivity index (χ3n) is 1.96. The maximum atomic E-state index is 9.28. The van der Waals surface area contributed by atoms with Gasteiger partial charge < -0.3 is 14.6 Å². The van der Waals surface area contributed by atoms with Crippen LogP contribution in [0.2, 0.25) is 0 Å². The fourth-order valence-corrected chi connectivity index (χ4v) is 1.25. The quantitative estimate of drug-likeness (QED) is 0.652. The summed E-state index contributed by atoms with van der Waals surface area (Å²) in [6, 6.07) is 0. The molecule has 1 saturated heterocycles. The van der Waals surface area contributed by atoms with E-state index in [1.54, 1.807) is 0 Å². The average Bonchev–Trinajstić information content (AvgIpc) is 1.98. The van der Waals surface area contributed by atoms with Crippen LogP contribution >= 0.6 is 0 Å². The van der Waals surface area contributed by atoms with Crippen LogP contribution in [-0.2, 0) is 9.47 Å². The Hall–Kier alpha value is -0.120. The highest BCUT2D eigenvalue weighted by Gasteiger charge is 2.26. The second kappa shape index (κ2) is 4.04. The molecule has 0 radical (unpaired) electrons. The summed E-state index contributed by atoms with van der Waals surface area (Å²) in [5.74, 6) is 0. The zero-order chi connectivity index (χ0) is 8.27. The minimum absolute atomic E-state index is 0.0831. The summed E-state index contributed by atoms with van der Waals surface area (Å²) in [5, 5.41) is 9.28. The summed E-state index contributed by atoms with van der Waals surface area (Å²) in [6.45, 7) is 4.49. The molecule has 1 aliphatic heterocycles. The van der Waals surface area contributed by atoms with Crippen LogP contribution in [0.25, 0.3) is 0 Å². The Morgan fingerprint density at radius 2 is 2.27 bits per heavy atom. The Balaban J connectivity index is 2.28. The molecule has 0 spiro atoms. The number of hydrogen-bond donors (Lipinski definition) is 1. The van der Waals surface area contributed by atoms with Gasteiger partial charge in [0.05, 0.1) is 12.2 Å². The summed E-state index contributed by atoms with van der Waals surface area (Å²) in [4.78, 5) is 0. The molecule has 1 heterocycles. The Kier molecular flexibility index (Phi) is 3.30. The van der Waals surface area contributed by atoms with Crippen molar-refractivity contribution in [2.24, 2.45) is 0 Å². The van der Waals surface area contributed by atoms with Crippen molar-refractivity contribution in [2.45, 2.75) is 45.2 Å². The zero-order valence-corrected chi connectivity index (χ0v) is 7.12. The molecule has 0 aromatic rings. The van der Waals surface area contributed by atoms with Crippen molar-refractivity contribution in [3.63, 3.8) is 0 Å². The molecule has 0 saturated carbocycles. The maximum absolute atomic E-state index is 9.28. The molecule has 3 unspecified atom stereocenters. The number of ether oxygens (including phenoxy) is 2. The van der Waals surface area contributed by atoms with Gasteiger partial charge in [-0.25, -0.2) is 0 Å². The first-order valence-corrected chi connectivity index (χ1v) is 4.19. The smallest absolute Gasteiger partial charge is 0.158 e. The van der Waals surface area contributed by atoms with E-state index in [1.807, 2.05) is 13.8 Å². The summed E-state index contributed by atoms with van der Waals surface area (Å²) < 4.78 is 10.6. The first-order valence-electron chi connectivity index (χ1n) is 4.19. The lowest BCUT2D eigenvalue weighted by atomic mass is 10.1. The minimum Gasteiger partial charge on any atom is -0.390 e. The van der Waals surface area contributed by atoms with E-state index in [4.69, 9.17) is 9.47 Å². The summed E-state index contributed by atoms with van der Waals surface area (Å²) >= 11 is 0. The van der Waals surface area contributed by atoms with Crippen molar-refractivity contribution in [3.05, 3.63) is 0 Å². The first-order chi connectivity index (χ1) is 5.24. The van der Waals surface area contributed by atoms with Crippen molar-refractivity contribution < 1.29 is 14.6 Å². The van der Waals surface area contributed by atoms with E-state index in [1.165, 1.54) is 0 Å². The van der Waals surface area contributed by atoms with E-state index in [-0.39, 0.29) is 18.5 Å². The van der Waals surface area contributed by atoms with Crippen LogP contribution in [0, 0.1) is 0 Å². The van der Waals surface area contributed by atoms with Crippen LogP contribution in [0.5, 0.6) is 0 Å². The van der Waals surface area contributed by atoms with Crippen LogP contribution in [0.15, 0.2) is 0 Å². The van der Waals surface area contributed by atoms with Gasteiger partial charge in [-0.1, -0.05) is 0 Å². The number of aliphatic hydroxyl groups is 1. The van der Waals surface area contributed by atoms with Gasteiger partial charge >= 0.3 is 0 Å². The van der Waals surface area contributed by atoms with Crippen molar-refractivity contribution in [1.82, 2.24) is 0 Å².